The molecule has 106 valence electrons. The van der Waals surface area contributed by atoms with Gasteiger partial charge in [-0.05, 0) is 47.8 Å². The summed E-state index contributed by atoms with van der Waals surface area (Å²) in [5.41, 5.74) is 0. The molecule has 0 amide bonds. The van der Waals surface area contributed by atoms with Gasteiger partial charge in [-0.1, -0.05) is 6.42 Å². The second-order valence-corrected chi connectivity index (χ2v) is 7.28. The van der Waals surface area contributed by atoms with Gasteiger partial charge in [-0.15, -0.1) is 0 Å². The molecule has 0 saturated carbocycles. The summed E-state index contributed by atoms with van der Waals surface area (Å²) >= 11 is 3.36. The first-order chi connectivity index (χ1) is 9.05. The Labute approximate surface area is 122 Å². The molecule has 0 N–H and O–H groups in total. The molecule has 0 unspecified atom stereocenters. The number of ether oxygens (including phenoxy) is 1. The van der Waals surface area contributed by atoms with Gasteiger partial charge in [-0.25, -0.2) is 8.42 Å². The van der Waals surface area contributed by atoms with E-state index in [1.807, 2.05) is 6.92 Å². The lowest BCUT2D eigenvalue weighted by Gasteiger charge is -2.26. The maximum Gasteiger partial charge on any atom is 0.243 e. The van der Waals surface area contributed by atoms with E-state index in [0.717, 1.165) is 23.7 Å². The zero-order valence-electron chi connectivity index (χ0n) is 10.9. The fraction of sp³-hybridized carbons (Fsp3) is 0.538. The summed E-state index contributed by atoms with van der Waals surface area (Å²) in [5.74, 6) is 0.570. The smallest absolute Gasteiger partial charge is 0.243 e. The van der Waals surface area contributed by atoms with Crippen LogP contribution in [0.5, 0.6) is 5.75 Å². The molecule has 0 aliphatic carbocycles. The highest BCUT2D eigenvalue weighted by atomic mass is 79.9. The molecule has 1 fully saturated rings. The van der Waals surface area contributed by atoms with Crippen LogP contribution >= 0.6 is 15.9 Å². The van der Waals surface area contributed by atoms with E-state index in [2.05, 4.69) is 15.9 Å². The Morgan fingerprint density at radius 3 is 2.58 bits per heavy atom. The van der Waals surface area contributed by atoms with Gasteiger partial charge in [0.2, 0.25) is 10.0 Å². The van der Waals surface area contributed by atoms with Crippen molar-refractivity contribution >= 4 is 26.0 Å². The van der Waals surface area contributed by atoms with E-state index in [0.29, 0.717) is 30.3 Å². The summed E-state index contributed by atoms with van der Waals surface area (Å²) < 4.78 is 32.8. The highest BCUT2D eigenvalue weighted by molar-refractivity contribution is 9.10. The summed E-state index contributed by atoms with van der Waals surface area (Å²) in [5, 5.41) is 0. The van der Waals surface area contributed by atoms with E-state index in [4.69, 9.17) is 4.74 Å². The number of halogens is 1. The van der Waals surface area contributed by atoms with Crippen LogP contribution in [0.2, 0.25) is 0 Å². The number of rotatable bonds is 4. The summed E-state index contributed by atoms with van der Waals surface area (Å²) in [6.45, 7) is 3.61. The molecule has 1 saturated heterocycles. The predicted octanol–water partition coefficient (Wildman–Crippen LogP) is 3.02. The first-order valence-corrected chi connectivity index (χ1v) is 8.71. The van der Waals surface area contributed by atoms with Crippen molar-refractivity contribution in [1.29, 1.82) is 0 Å². The first-order valence-electron chi connectivity index (χ1n) is 6.48. The number of hydrogen-bond donors (Lipinski definition) is 0. The zero-order chi connectivity index (χ0) is 13.9. The number of piperidine rings is 1. The first kappa shape index (κ1) is 14.8. The normalized spacial score (nSPS) is 17.4. The topological polar surface area (TPSA) is 46.6 Å². The Hall–Kier alpha value is -0.590. The summed E-state index contributed by atoms with van der Waals surface area (Å²) in [6, 6.07) is 4.94. The lowest BCUT2D eigenvalue weighted by Crippen LogP contribution is -2.35. The number of hydrogen-bond acceptors (Lipinski definition) is 3. The Morgan fingerprint density at radius 2 is 1.95 bits per heavy atom. The minimum absolute atomic E-state index is 0.307. The molecule has 1 aromatic rings. The molecule has 1 aliphatic rings. The highest BCUT2D eigenvalue weighted by Gasteiger charge is 2.26. The van der Waals surface area contributed by atoms with E-state index in [1.165, 1.54) is 0 Å². The maximum atomic E-state index is 12.5. The second-order valence-electron chi connectivity index (χ2n) is 4.49. The van der Waals surface area contributed by atoms with Gasteiger partial charge in [-0.2, -0.15) is 4.31 Å². The van der Waals surface area contributed by atoms with Crippen molar-refractivity contribution in [3.8, 4) is 5.75 Å². The highest BCUT2D eigenvalue weighted by Crippen LogP contribution is 2.30. The second kappa shape index (κ2) is 6.24. The van der Waals surface area contributed by atoms with Crippen molar-refractivity contribution in [2.24, 2.45) is 0 Å². The molecule has 1 heterocycles. The maximum absolute atomic E-state index is 12.5. The summed E-state index contributed by atoms with van der Waals surface area (Å²) in [4.78, 5) is 0.307. The predicted molar refractivity (Wildman–Crippen MR) is 77.9 cm³/mol. The van der Waals surface area contributed by atoms with Crippen molar-refractivity contribution in [1.82, 2.24) is 4.31 Å². The minimum atomic E-state index is -3.39. The summed E-state index contributed by atoms with van der Waals surface area (Å²) in [6.07, 6.45) is 2.98. The van der Waals surface area contributed by atoms with Crippen LogP contribution in [-0.2, 0) is 10.0 Å². The molecule has 4 nitrogen and oxygen atoms in total. The average molecular weight is 348 g/mol. The average Bonchev–Trinajstić information content (AvgIpc) is 2.42. The monoisotopic (exact) mass is 347 g/mol. The van der Waals surface area contributed by atoms with Crippen LogP contribution in [0.1, 0.15) is 26.2 Å². The van der Waals surface area contributed by atoms with Crippen molar-refractivity contribution in [2.75, 3.05) is 19.7 Å². The third kappa shape index (κ3) is 3.30. The molecule has 2 rings (SSSR count). The molecule has 0 aromatic heterocycles. The fourth-order valence-electron chi connectivity index (χ4n) is 2.16. The van der Waals surface area contributed by atoms with Gasteiger partial charge in [0, 0.05) is 19.2 Å². The summed E-state index contributed by atoms with van der Waals surface area (Å²) in [7, 11) is -3.39. The number of benzene rings is 1. The van der Waals surface area contributed by atoms with Gasteiger partial charge in [0.25, 0.3) is 0 Å². The van der Waals surface area contributed by atoms with Crippen LogP contribution in [0.25, 0.3) is 0 Å². The molecule has 6 heteroatoms. The third-order valence-electron chi connectivity index (χ3n) is 3.16. The van der Waals surface area contributed by atoms with Crippen molar-refractivity contribution < 1.29 is 13.2 Å². The minimum Gasteiger partial charge on any atom is -0.493 e. The SMILES string of the molecule is CCOc1cc(S(=O)(=O)N2CCCCC2)ccc1Br. The molecular weight excluding hydrogens is 330 g/mol. The molecule has 0 radical (unpaired) electrons. The van der Waals surface area contributed by atoms with E-state index < -0.39 is 10.0 Å². The van der Waals surface area contributed by atoms with E-state index in [-0.39, 0.29) is 0 Å². The largest absolute Gasteiger partial charge is 0.493 e. The van der Waals surface area contributed by atoms with Crippen LogP contribution < -0.4 is 4.74 Å². The Kier molecular flexibility index (Phi) is 4.86. The lowest BCUT2D eigenvalue weighted by molar-refractivity contribution is 0.335. The Balaban J connectivity index is 2.31. The standard InChI is InChI=1S/C13H18BrNO3S/c1-2-18-13-10-11(6-7-12(13)14)19(16,17)15-8-4-3-5-9-15/h6-7,10H,2-5,8-9H2,1H3. The van der Waals surface area contributed by atoms with Gasteiger partial charge in [0.1, 0.15) is 5.75 Å². The fourth-order valence-corrected chi connectivity index (χ4v) is 4.06. The van der Waals surface area contributed by atoms with E-state index >= 15 is 0 Å². The molecule has 0 atom stereocenters. The lowest BCUT2D eigenvalue weighted by atomic mass is 10.2. The van der Waals surface area contributed by atoms with Gasteiger partial charge >= 0.3 is 0 Å². The Morgan fingerprint density at radius 1 is 1.26 bits per heavy atom. The van der Waals surface area contributed by atoms with Crippen molar-refractivity contribution in [3.05, 3.63) is 22.7 Å². The van der Waals surface area contributed by atoms with Gasteiger partial charge < -0.3 is 4.74 Å². The third-order valence-corrected chi connectivity index (χ3v) is 5.71. The van der Waals surface area contributed by atoms with Crippen LogP contribution in [0.15, 0.2) is 27.6 Å². The van der Waals surface area contributed by atoms with Crippen LogP contribution in [0.3, 0.4) is 0 Å². The quantitative estimate of drug-likeness (QED) is 0.840. The number of nitrogens with zero attached hydrogens (tertiary/aromatic N) is 1. The van der Waals surface area contributed by atoms with E-state index in [9.17, 15) is 8.42 Å². The van der Waals surface area contributed by atoms with Gasteiger partial charge in [-0.3, -0.25) is 0 Å². The van der Waals surface area contributed by atoms with Gasteiger partial charge in [0.15, 0.2) is 0 Å². The van der Waals surface area contributed by atoms with Crippen molar-refractivity contribution in [2.45, 2.75) is 31.1 Å². The molecule has 0 spiro atoms. The molecule has 1 aliphatic heterocycles. The molecular formula is C13H18BrNO3S. The van der Waals surface area contributed by atoms with Crippen LogP contribution in [0, 0.1) is 0 Å². The van der Waals surface area contributed by atoms with Crippen LogP contribution in [-0.4, -0.2) is 32.4 Å². The van der Waals surface area contributed by atoms with E-state index in [1.54, 1.807) is 22.5 Å². The van der Waals surface area contributed by atoms with Crippen molar-refractivity contribution in [3.63, 3.8) is 0 Å². The number of sulfonamides is 1. The molecule has 19 heavy (non-hydrogen) atoms. The van der Waals surface area contributed by atoms with Gasteiger partial charge in [0.05, 0.1) is 16.0 Å². The molecule has 0 bridgehead atoms. The molecule has 1 aromatic carbocycles. The van der Waals surface area contributed by atoms with Crippen LogP contribution in [0.4, 0.5) is 0 Å². The zero-order valence-corrected chi connectivity index (χ0v) is 13.3. The Bertz CT molecular complexity index is 539.